The molecule has 0 aliphatic carbocycles. The Hall–Kier alpha value is -2.42. The molecule has 0 N–H and O–H groups in total. The predicted octanol–water partition coefficient (Wildman–Crippen LogP) is 3.99. The summed E-state index contributed by atoms with van der Waals surface area (Å²) in [6, 6.07) is 9.46. The minimum absolute atomic E-state index is 0.135. The normalized spacial score (nSPS) is 11.1. The summed E-state index contributed by atoms with van der Waals surface area (Å²) in [6.45, 7) is 2.24. The Morgan fingerprint density at radius 1 is 0.960 bits per heavy atom. The molecule has 0 atom stereocenters. The Labute approximate surface area is 144 Å². The van der Waals surface area contributed by atoms with E-state index in [0.29, 0.717) is 30.6 Å². The van der Waals surface area contributed by atoms with E-state index in [1.165, 1.54) is 0 Å². The number of benzene rings is 1. The first-order chi connectivity index (χ1) is 12.0. The average molecular weight is 368 g/mol. The van der Waals surface area contributed by atoms with Crippen molar-refractivity contribution in [3.63, 3.8) is 0 Å². The summed E-state index contributed by atoms with van der Waals surface area (Å²) in [6.07, 6.45) is 0.465. The van der Waals surface area contributed by atoms with Crippen molar-refractivity contribution < 1.29 is 17.6 Å². The number of rotatable bonds is 5. The first-order valence-electron chi connectivity index (χ1n) is 7.35. The minimum Gasteiger partial charge on any atom is -0.306 e. The van der Waals surface area contributed by atoms with E-state index >= 15 is 0 Å². The molecule has 0 fully saturated rings. The molecular weight excluding hydrogens is 356 g/mol. The third-order valence-electron chi connectivity index (χ3n) is 3.47. The number of pyridine rings is 1. The summed E-state index contributed by atoms with van der Waals surface area (Å²) < 4.78 is 55.7. The van der Waals surface area contributed by atoms with Crippen LogP contribution in [0.3, 0.4) is 0 Å². The van der Waals surface area contributed by atoms with Crippen molar-refractivity contribution in [1.82, 2.24) is 19.7 Å². The molecule has 0 saturated carbocycles. The Bertz CT molecular complexity index is 873. The molecule has 0 aliphatic rings. The smallest absolute Gasteiger partial charge is 0.252 e. The fourth-order valence-corrected chi connectivity index (χ4v) is 3.23. The van der Waals surface area contributed by atoms with E-state index in [4.69, 9.17) is 0 Å². The molecular formula is C16H12F4N4S. The molecule has 0 amide bonds. The first-order valence-corrected chi connectivity index (χ1v) is 8.16. The Balaban J connectivity index is 1.95. The van der Waals surface area contributed by atoms with Crippen LogP contribution >= 0.6 is 11.8 Å². The number of aromatic nitrogens is 4. The van der Waals surface area contributed by atoms with Gasteiger partial charge in [0.1, 0.15) is 5.82 Å². The van der Waals surface area contributed by atoms with Gasteiger partial charge in [0.25, 0.3) is 11.9 Å². The molecule has 0 radical (unpaired) electrons. The first kappa shape index (κ1) is 17.4. The van der Waals surface area contributed by atoms with E-state index in [1.807, 2.05) is 37.3 Å². The second kappa shape index (κ2) is 7.22. The lowest BCUT2D eigenvalue weighted by Gasteiger charge is -2.08. The summed E-state index contributed by atoms with van der Waals surface area (Å²) in [5.74, 6) is -5.94. The van der Waals surface area contributed by atoms with Crippen LogP contribution in [-0.2, 0) is 13.0 Å². The van der Waals surface area contributed by atoms with Crippen molar-refractivity contribution in [3.8, 4) is 0 Å². The molecule has 2 aromatic heterocycles. The lowest BCUT2D eigenvalue weighted by molar-refractivity contribution is 0.383. The topological polar surface area (TPSA) is 43.6 Å². The van der Waals surface area contributed by atoms with Crippen molar-refractivity contribution in [2.45, 2.75) is 29.9 Å². The van der Waals surface area contributed by atoms with Crippen molar-refractivity contribution in [3.05, 3.63) is 65.2 Å². The van der Waals surface area contributed by atoms with Crippen molar-refractivity contribution >= 4 is 11.8 Å². The van der Waals surface area contributed by atoms with Crippen LogP contribution in [-0.4, -0.2) is 19.7 Å². The van der Waals surface area contributed by atoms with Crippen LogP contribution in [0.2, 0.25) is 0 Å². The van der Waals surface area contributed by atoms with Gasteiger partial charge in [-0.05, 0) is 24.2 Å². The molecule has 9 heteroatoms. The molecule has 25 heavy (non-hydrogen) atoms. The number of hydrogen-bond acceptors (Lipinski definition) is 4. The molecule has 0 aliphatic heterocycles. The van der Waals surface area contributed by atoms with Crippen LogP contribution < -0.4 is 0 Å². The van der Waals surface area contributed by atoms with Crippen LogP contribution in [0.1, 0.15) is 18.3 Å². The molecule has 0 unspecified atom stereocenters. The van der Waals surface area contributed by atoms with Gasteiger partial charge in [0.15, 0.2) is 16.8 Å². The summed E-state index contributed by atoms with van der Waals surface area (Å²) in [5.41, 5.74) is 0.986. The largest absolute Gasteiger partial charge is 0.306 e. The van der Waals surface area contributed by atoms with Crippen molar-refractivity contribution in [2.75, 3.05) is 0 Å². The van der Waals surface area contributed by atoms with Gasteiger partial charge in [0, 0.05) is 13.0 Å². The number of nitrogens with zero attached hydrogens (tertiary/aromatic N) is 4. The highest BCUT2D eigenvalue weighted by molar-refractivity contribution is 7.99. The Morgan fingerprint density at radius 2 is 1.60 bits per heavy atom. The summed E-state index contributed by atoms with van der Waals surface area (Å²) in [7, 11) is 0. The van der Waals surface area contributed by atoms with Gasteiger partial charge in [-0.15, -0.1) is 10.2 Å². The highest BCUT2D eigenvalue weighted by Gasteiger charge is 2.24. The molecule has 3 rings (SSSR count). The fraction of sp³-hybridized carbons (Fsp3) is 0.188. The molecule has 0 bridgehead atoms. The van der Waals surface area contributed by atoms with Gasteiger partial charge in [0.05, 0.1) is 4.90 Å². The summed E-state index contributed by atoms with van der Waals surface area (Å²) >= 11 is 0.471. The van der Waals surface area contributed by atoms with Crippen LogP contribution in [0.15, 0.2) is 40.4 Å². The molecule has 2 heterocycles. The van der Waals surface area contributed by atoms with E-state index in [1.54, 1.807) is 4.57 Å². The van der Waals surface area contributed by atoms with E-state index < -0.39 is 28.4 Å². The predicted molar refractivity (Wildman–Crippen MR) is 83.1 cm³/mol. The zero-order valence-corrected chi connectivity index (χ0v) is 13.8. The van der Waals surface area contributed by atoms with Gasteiger partial charge in [-0.1, -0.05) is 30.3 Å². The van der Waals surface area contributed by atoms with Gasteiger partial charge < -0.3 is 4.57 Å². The quantitative estimate of drug-likeness (QED) is 0.505. The third-order valence-corrected chi connectivity index (χ3v) is 4.51. The van der Waals surface area contributed by atoms with Gasteiger partial charge >= 0.3 is 0 Å². The fourth-order valence-electron chi connectivity index (χ4n) is 2.27. The summed E-state index contributed by atoms with van der Waals surface area (Å²) in [4.78, 5) is 1.70. The maximum Gasteiger partial charge on any atom is 0.252 e. The van der Waals surface area contributed by atoms with Gasteiger partial charge in [0.2, 0.25) is 0 Å². The minimum atomic E-state index is -1.70. The average Bonchev–Trinajstić information content (AvgIpc) is 2.99. The third kappa shape index (κ3) is 3.51. The van der Waals surface area contributed by atoms with Crippen LogP contribution in [0.5, 0.6) is 0 Å². The van der Waals surface area contributed by atoms with Crippen LogP contribution in [0, 0.1) is 23.5 Å². The van der Waals surface area contributed by atoms with Gasteiger partial charge in [-0.2, -0.15) is 13.8 Å². The maximum atomic E-state index is 13.8. The Kier molecular flexibility index (Phi) is 5.03. The van der Waals surface area contributed by atoms with Crippen molar-refractivity contribution in [1.29, 1.82) is 0 Å². The SMILES string of the molecule is CCn1c(Cc2ccccc2)nnc1Sc1c(F)c(F)nc(F)c1F. The monoisotopic (exact) mass is 368 g/mol. The highest BCUT2D eigenvalue weighted by atomic mass is 32.2. The molecule has 0 saturated heterocycles. The standard InChI is InChI=1S/C16H12F4N4S/c1-2-24-10(8-9-6-4-3-5-7-9)22-23-16(24)25-13-11(17)14(19)21-15(20)12(13)18/h3-7H,2,8H2,1H3. The van der Waals surface area contributed by atoms with E-state index in [2.05, 4.69) is 15.2 Å². The highest BCUT2D eigenvalue weighted by Crippen LogP contribution is 2.33. The molecule has 4 nitrogen and oxygen atoms in total. The molecule has 130 valence electrons. The number of hydrogen-bond donors (Lipinski definition) is 0. The van der Waals surface area contributed by atoms with Gasteiger partial charge in [-0.3, -0.25) is 0 Å². The van der Waals surface area contributed by atoms with Crippen molar-refractivity contribution in [2.24, 2.45) is 0 Å². The number of halogens is 4. The second-order valence-electron chi connectivity index (χ2n) is 5.06. The van der Waals surface area contributed by atoms with E-state index in [-0.39, 0.29) is 5.16 Å². The molecule has 3 aromatic rings. The van der Waals surface area contributed by atoms with Gasteiger partial charge in [-0.25, -0.2) is 8.78 Å². The zero-order chi connectivity index (χ0) is 18.0. The Morgan fingerprint density at radius 3 is 2.20 bits per heavy atom. The molecule has 1 aromatic carbocycles. The lowest BCUT2D eigenvalue weighted by Crippen LogP contribution is -2.06. The van der Waals surface area contributed by atoms with E-state index in [9.17, 15) is 17.6 Å². The lowest BCUT2D eigenvalue weighted by atomic mass is 10.1. The van der Waals surface area contributed by atoms with Crippen LogP contribution in [0.4, 0.5) is 17.6 Å². The summed E-state index contributed by atoms with van der Waals surface area (Å²) in [5, 5.41) is 8.06. The maximum absolute atomic E-state index is 13.8. The molecule has 0 spiro atoms. The van der Waals surface area contributed by atoms with Crippen LogP contribution in [0.25, 0.3) is 0 Å². The zero-order valence-electron chi connectivity index (χ0n) is 13.0. The van der Waals surface area contributed by atoms with E-state index in [0.717, 1.165) is 5.56 Å². The second-order valence-corrected chi connectivity index (χ2v) is 6.04.